The third kappa shape index (κ3) is 5.99. The highest BCUT2D eigenvalue weighted by atomic mass is 16.7. The number of nitro benzene ring substituents is 1. The molecule has 0 spiro atoms. The van der Waals surface area contributed by atoms with E-state index in [1.807, 2.05) is 12.1 Å². The molecular formula is C25H25N3O8. The number of non-ortho nitro benzene ring substituents is 1. The van der Waals surface area contributed by atoms with Gasteiger partial charge in [0.1, 0.15) is 12.3 Å². The molecule has 0 unspecified atom stereocenters. The van der Waals surface area contributed by atoms with Crippen molar-refractivity contribution in [2.24, 2.45) is 0 Å². The van der Waals surface area contributed by atoms with Gasteiger partial charge in [0.05, 0.1) is 24.3 Å². The molecule has 11 heteroatoms. The monoisotopic (exact) mass is 495 g/mol. The van der Waals surface area contributed by atoms with Gasteiger partial charge in [-0.3, -0.25) is 19.7 Å². The van der Waals surface area contributed by atoms with Gasteiger partial charge in [0, 0.05) is 37.9 Å². The number of fused-ring (bicyclic) bond motifs is 1. The molecule has 3 aromatic rings. The summed E-state index contributed by atoms with van der Waals surface area (Å²) in [5, 5.41) is 11.2. The first kappa shape index (κ1) is 24.7. The number of ether oxygens (including phenoxy) is 3. The van der Waals surface area contributed by atoms with E-state index in [1.54, 1.807) is 23.1 Å². The van der Waals surface area contributed by atoms with E-state index in [2.05, 4.69) is 0 Å². The minimum Gasteiger partial charge on any atom is -0.467 e. The molecule has 1 aromatic heterocycles. The van der Waals surface area contributed by atoms with Crippen molar-refractivity contribution in [3.8, 4) is 11.5 Å². The van der Waals surface area contributed by atoms with Gasteiger partial charge in [-0.25, -0.2) is 0 Å². The highest BCUT2D eigenvalue weighted by molar-refractivity contribution is 5.97. The van der Waals surface area contributed by atoms with Gasteiger partial charge in [-0.2, -0.15) is 0 Å². The van der Waals surface area contributed by atoms with E-state index in [1.165, 1.54) is 42.5 Å². The maximum Gasteiger partial charge on any atom is 0.270 e. The summed E-state index contributed by atoms with van der Waals surface area (Å²) in [6.07, 6.45) is 1.52. The summed E-state index contributed by atoms with van der Waals surface area (Å²) in [5.41, 5.74) is 0.718. The van der Waals surface area contributed by atoms with Crippen molar-refractivity contribution in [3.63, 3.8) is 0 Å². The molecule has 2 aromatic carbocycles. The molecule has 0 aliphatic carbocycles. The first-order chi connectivity index (χ1) is 17.4. The van der Waals surface area contributed by atoms with Crippen LogP contribution in [0.2, 0.25) is 0 Å². The SMILES string of the molecule is COCCN(CC(=O)N(Cc1ccc2c(c1)OCO2)Cc1ccco1)C(=O)c1cccc([N+](=O)[O-])c1. The quantitative estimate of drug-likeness (QED) is 0.293. The van der Waals surface area contributed by atoms with Gasteiger partial charge in [-0.05, 0) is 35.9 Å². The van der Waals surface area contributed by atoms with Gasteiger partial charge in [0.2, 0.25) is 12.7 Å². The maximum atomic E-state index is 13.5. The smallest absolute Gasteiger partial charge is 0.270 e. The molecule has 36 heavy (non-hydrogen) atoms. The van der Waals surface area contributed by atoms with Gasteiger partial charge >= 0.3 is 0 Å². The highest BCUT2D eigenvalue weighted by Crippen LogP contribution is 2.33. The summed E-state index contributed by atoms with van der Waals surface area (Å²) in [5.74, 6) is 0.970. The van der Waals surface area contributed by atoms with Crippen LogP contribution in [0.1, 0.15) is 21.7 Å². The van der Waals surface area contributed by atoms with Crippen LogP contribution in [0.5, 0.6) is 11.5 Å². The average Bonchev–Trinajstić information content (AvgIpc) is 3.57. The van der Waals surface area contributed by atoms with Crippen molar-refractivity contribution in [1.82, 2.24) is 9.80 Å². The number of carbonyl (C=O) groups is 2. The van der Waals surface area contributed by atoms with Crippen LogP contribution in [0.15, 0.2) is 65.3 Å². The Bertz CT molecular complexity index is 1230. The fraction of sp³-hybridized carbons (Fsp3) is 0.280. The van der Waals surface area contributed by atoms with Crippen molar-refractivity contribution in [2.45, 2.75) is 13.1 Å². The topological polar surface area (TPSA) is 125 Å². The number of nitro groups is 1. The molecule has 0 saturated carbocycles. The number of furan rings is 1. The highest BCUT2D eigenvalue weighted by Gasteiger charge is 2.25. The van der Waals surface area contributed by atoms with Crippen LogP contribution in [0.3, 0.4) is 0 Å². The van der Waals surface area contributed by atoms with Crippen molar-refractivity contribution in [2.75, 3.05) is 33.6 Å². The van der Waals surface area contributed by atoms with E-state index in [4.69, 9.17) is 18.6 Å². The van der Waals surface area contributed by atoms with Gasteiger partial charge in [0.15, 0.2) is 11.5 Å². The Morgan fingerprint density at radius 2 is 1.86 bits per heavy atom. The average molecular weight is 495 g/mol. The molecule has 0 atom stereocenters. The summed E-state index contributed by atoms with van der Waals surface area (Å²) >= 11 is 0. The second-order valence-corrected chi connectivity index (χ2v) is 8.04. The van der Waals surface area contributed by atoms with Crippen LogP contribution in [0, 0.1) is 10.1 Å². The Balaban J connectivity index is 1.55. The second-order valence-electron chi connectivity index (χ2n) is 8.04. The molecule has 0 radical (unpaired) electrons. The van der Waals surface area contributed by atoms with E-state index in [-0.39, 0.29) is 56.7 Å². The lowest BCUT2D eigenvalue weighted by atomic mass is 10.1. The normalized spacial score (nSPS) is 11.8. The number of methoxy groups -OCH3 is 1. The second kappa shape index (κ2) is 11.4. The van der Waals surface area contributed by atoms with Gasteiger partial charge < -0.3 is 28.4 Å². The number of hydrogen-bond donors (Lipinski definition) is 0. The van der Waals surface area contributed by atoms with E-state index in [0.717, 1.165) is 5.56 Å². The summed E-state index contributed by atoms with van der Waals surface area (Å²) in [7, 11) is 1.49. The van der Waals surface area contributed by atoms with Crippen LogP contribution < -0.4 is 9.47 Å². The molecule has 1 aliphatic rings. The molecular weight excluding hydrogens is 470 g/mol. The molecule has 2 amide bonds. The van der Waals surface area contributed by atoms with E-state index >= 15 is 0 Å². The lowest BCUT2D eigenvalue weighted by molar-refractivity contribution is -0.384. The first-order valence-electron chi connectivity index (χ1n) is 11.2. The van der Waals surface area contributed by atoms with Crippen LogP contribution in [0.25, 0.3) is 0 Å². The zero-order chi connectivity index (χ0) is 25.5. The molecule has 0 saturated heterocycles. The van der Waals surface area contributed by atoms with Gasteiger partial charge in [-0.1, -0.05) is 12.1 Å². The standard InChI is InChI=1S/C25H25N3O8/c1-33-11-9-26(25(30)19-4-2-5-20(13-19)28(31)32)16-24(29)27(15-21-6-3-10-34-21)14-18-7-8-22-23(12-18)36-17-35-22/h2-8,10,12-13H,9,11,14-17H2,1H3. The van der Waals surface area contributed by atoms with Crippen LogP contribution in [-0.2, 0) is 22.6 Å². The number of carbonyl (C=O) groups excluding carboxylic acids is 2. The molecule has 2 heterocycles. The third-order valence-electron chi connectivity index (χ3n) is 5.57. The minimum atomic E-state index is -0.572. The van der Waals surface area contributed by atoms with Crippen LogP contribution >= 0.6 is 0 Å². The van der Waals surface area contributed by atoms with E-state index in [0.29, 0.717) is 17.3 Å². The van der Waals surface area contributed by atoms with Crippen LogP contribution in [0.4, 0.5) is 5.69 Å². The Kier molecular flexibility index (Phi) is 7.81. The minimum absolute atomic E-state index is 0.112. The first-order valence-corrected chi connectivity index (χ1v) is 11.2. The van der Waals surface area contributed by atoms with Crippen molar-refractivity contribution in [1.29, 1.82) is 0 Å². The number of rotatable bonds is 11. The molecule has 1 aliphatic heterocycles. The lowest BCUT2D eigenvalue weighted by Gasteiger charge is -2.27. The molecule has 0 fully saturated rings. The van der Waals surface area contributed by atoms with Crippen molar-refractivity contribution in [3.05, 3.63) is 87.9 Å². The largest absolute Gasteiger partial charge is 0.467 e. The maximum absolute atomic E-state index is 13.5. The van der Waals surface area contributed by atoms with Gasteiger partial charge in [0.25, 0.3) is 11.6 Å². The zero-order valence-electron chi connectivity index (χ0n) is 19.6. The number of hydrogen-bond acceptors (Lipinski definition) is 8. The molecule has 4 rings (SSSR count). The lowest BCUT2D eigenvalue weighted by Crippen LogP contribution is -2.43. The zero-order valence-corrected chi connectivity index (χ0v) is 19.6. The van der Waals surface area contributed by atoms with E-state index < -0.39 is 10.8 Å². The fourth-order valence-electron chi connectivity index (χ4n) is 3.73. The number of amides is 2. The fourth-order valence-corrected chi connectivity index (χ4v) is 3.73. The molecule has 0 N–H and O–H groups in total. The Labute approximate surface area is 206 Å². The summed E-state index contributed by atoms with van der Waals surface area (Å²) in [6, 6.07) is 14.3. The van der Waals surface area contributed by atoms with Gasteiger partial charge in [-0.15, -0.1) is 0 Å². The Morgan fingerprint density at radius 3 is 2.61 bits per heavy atom. The third-order valence-corrected chi connectivity index (χ3v) is 5.57. The number of benzene rings is 2. The number of nitrogens with zero attached hydrogens (tertiary/aromatic N) is 3. The predicted molar refractivity (Wildman–Crippen MR) is 126 cm³/mol. The van der Waals surface area contributed by atoms with Crippen molar-refractivity contribution < 1.29 is 33.1 Å². The Morgan fingerprint density at radius 1 is 1.03 bits per heavy atom. The molecule has 11 nitrogen and oxygen atoms in total. The molecule has 0 bridgehead atoms. The predicted octanol–water partition coefficient (Wildman–Crippen LogP) is 3.23. The Hall–Kier alpha value is -4.38. The van der Waals surface area contributed by atoms with Crippen LogP contribution in [-0.4, -0.2) is 60.1 Å². The molecule has 188 valence electrons. The summed E-state index contributed by atoms with van der Waals surface area (Å²) in [6.45, 7) is 0.623. The van der Waals surface area contributed by atoms with Crippen molar-refractivity contribution >= 4 is 17.5 Å². The summed E-state index contributed by atoms with van der Waals surface area (Å²) in [4.78, 5) is 40.2. The van der Waals surface area contributed by atoms with E-state index in [9.17, 15) is 19.7 Å². The summed E-state index contributed by atoms with van der Waals surface area (Å²) < 4.78 is 21.4.